The Morgan fingerprint density at radius 3 is 2.79 bits per heavy atom. The number of carbonyl (C=O) groups excluding carboxylic acids is 1. The van der Waals surface area contributed by atoms with Crippen molar-refractivity contribution in [3.63, 3.8) is 0 Å². The molecular formula is C23H22ClF3N4O5S2. The number of rotatable bonds is 9. The molecule has 4 N–H and O–H groups in total. The van der Waals surface area contributed by atoms with E-state index in [0.29, 0.717) is 26.8 Å². The van der Waals surface area contributed by atoms with Crippen molar-refractivity contribution in [1.29, 1.82) is 0 Å². The van der Waals surface area contributed by atoms with Crippen LogP contribution in [0, 0.1) is 5.92 Å². The summed E-state index contributed by atoms with van der Waals surface area (Å²) < 4.78 is 65.9. The second-order valence-electron chi connectivity index (χ2n) is 8.77. The Labute approximate surface area is 225 Å². The third-order valence-electron chi connectivity index (χ3n) is 6.00. The van der Waals surface area contributed by atoms with Crippen molar-refractivity contribution in [3.05, 3.63) is 69.5 Å². The summed E-state index contributed by atoms with van der Waals surface area (Å²) in [5.41, 5.74) is -0.328. The normalized spacial score (nSPS) is 22.1. The number of nitrogens with one attached hydrogen (secondary N) is 1. The first kappa shape index (κ1) is 28.5. The first-order chi connectivity index (χ1) is 17.8. The zero-order valence-corrected chi connectivity index (χ0v) is 21.9. The van der Waals surface area contributed by atoms with Gasteiger partial charge in [-0.05, 0) is 37.1 Å². The Morgan fingerprint density at radius 1 is 1.32 bits per heavy atom. The summed E-state index contributed by atoms with van der Waals surface area (Å²) in [7, 11) is -4.15. The second kappa shape index (κ2) is 11.3. The summed E-state index contributed by atoms with van der Waals surface area (Å²) in [6.07, 6.45) is -0.551. The fourth-order valence-corrected chi connectivity index (χ4v) is 5.84. The van der Waals surface area contributed by atoms with Gasteiger partial charge in [-0.3, -0.25) is 8.98 Å². The molecule has 1 aromatic heterocycles. The number of thioether (sulfide) groups is 1. The van der Waals surface area contributed by atoms with E-state index in [0.717, 1.165) is 23.9 Å². The first-order valence-corrected chi connectivity index (χ1v) is 13.9. The van der Waals surface area contributed by atoms with Crippen LogP contribution < -0.4 is 10.5 Å². The molecule has 0 amide bonds. The van der Waals surface area contributed by atoms with Gasteiger partial charge >= 0.3 is 16.5 Å². The number of Topliss-reactive ketones (excluding diaryl/α,β-unsaturated/α-hetero) is 1. The van der Waals surface area contributed by atoms with Gasteiger partial charge in [0.1, 0.15) is 12.1 Å². The van der Waals surface area contributed by atoms with Crippen molar-refractivity contribution in [3.8, 4) is 0 Å². The molecule has 0 bridgehead atoms. The number of hydrogen-bond acceptors (Lipinski definition) is 9. The van der Waals surface area contributed by atoms with E-state index in [1.165, 1.54) is 30.7 Å². The first-order valence-electron chi connectivity index (χ1n) is 11.2. The monoisotopic (exact) mass is 590 g/mol. The lowest BCUT2D eigenvalue weighted by Crippen LogP contribution is -2.24. The summed E-state index contributed by atoms with van der Waals surface area (Å²) in [4.78, 5) is 22.2. The molecule has 1 saturated carbocycles. The highest BCUT2D eigenvalue weighted by atomic mass is 35.5. The van der Waals surface area contributed by atoms with E-state index in [1.807, 2.05) is 0 Å². The second-order valence-corrected chi connectivity index (χ2v) is 11.6. The fourth-order valence-electron chi connectivity index (χ4n) is 4.19. The van der Waals surface area contributed by atoms with Gasteiger partial charge in [0.2, 0.25) is 0 Å². The minimum atomic E-state index is -4.48. The number of nitrogens with two attached hydrogens (primary N) is 1. The molecule has 15 heteroatoms. The molecule has 9 nitrogen and oxygen atoms in total. The van der Waals surface area contributed by atoms with Gasteiger partial charge in [-0.2, -0.15) is 21.6 Å². The van der Waals surface area contributed by atoms with E-state index in [1.54, 1.807) is 0 Å². The highest BCUT2D eigenvalue weighted by Crippen LogP contribution is 2.42. The molecule has 0 radical (unpaired) electrons. The number of aliphatic hydroxyl groups is 1. The van der Waals surface area contributed by atoms with E-state index in [2.05, 4.69) is 19.5 Å². The largest absolute Gasteiger partial charge is 0.416 e. The number of anilines is 1. The summed E-state index contributed by atoms with van der Waals surface area (Å²) >= 11 is 7.37. The van der Waals surface area contributed by atoms with Crippen molar-refractivity contribution in [2.45, 2.75) is 42.5 Å². The number of benzene rings is 1. The van der Waals surface area contributed by atoms with Crippen LogP contribution in [0.1, 0.15) is 35.2 Å². The van der Waals surface area contributed by atoms with Crippen LogP contribution in [0.4, 0.5) is 19.0 Å². The number of hydrogen-bond donors (Lipinski definition) is 3. The molecule has 0 saturated heterocycles. The third-order valence-corrected chi connectivity index (χ3v) is 7.99. The predicted octanol–water partition coefficient (Wildman–Crippen LogP) is 4.02. The quantitative estimate of drug-likeness (QED) is 0.369. The highest BCUT2D eigenvalue weighted by molar-refractivity contribution is 8.03. The Hall–Kier alpha value is -2.49. The topological polar surface area (TPSA) is 144 Å². The number of aromatic nitrogens is 2. The molecule has 0 aliphatic heterocycles. The van der Waals surface area contributed by atoms with Crippen molar-refractivity contribution in [2.75, 3.05) is 11.9 Å². The van der Waals surface area contributed by atoms with E-state index in [4.69, 9.17) is 16.7 Å². The van der Waals surface area contributed by atoms with Crippen LogP contribution in [-0.4, -0.2) is 48.0 Å². The number of aliphatic hydroxyl groups excluding tert-OH is 1. The molecule has 4 rings (SSSR count). The number of ketones is 1. The average molecular weight is 591 g/mol. The Bertz CT molecular complexity index is 1400. The predicted molar refractivity (Wildman–Crippen MR) is 134 cm³/mol. The standard InChI is InChI=1S/C23H22ClF3N4O5S2/c24-18-5-12(6-20(18)37-16-3-1-2-14(7-16)23(25,26)27)21(33)17-9-29-11-30-22(17)31-15-4-13(19(32)8-15)10-36-38(28,34)35/h1-3,6-7,9,11,13,15,19,32H,4-5,8,10H2,(H2,28,34,35)(H,29,30,31)/t13-,15?,19+/m1/s1. The number of carbonyl (C=O) groups is 1. The number of allylic oxidation sites excluding steroid dienone is 3. The van der Waals surface area contributed by atoms with Gasteiger partial charge in [0, 0.05) is 45.0 Å². The molecule has 38 heavy (non-hydrogen) atoms. The van der Waals surface area contributed by atoms with E-state index in [-0.39, 0.29) is 36.9 Å². The number of halogens is 4. The molecular weight excluding hydrogens is 569 g/mol. The molecule has 1 aromatic carbocycles. The lowest BCUT2D eigenvalue weighted by Gasteiger charge is -2.16. The van der Waals surface area contributed by atoms with Gasteiger partial charge in [-0.15, -0.1) is 0 Å². The van der Waals surface area contributed by atoms with Crippen molar-refractivity contribution >= 4 is 45.3 Å². The fraction of sp³-hybridized carbons (Fsp3) is 0.348. The minimum Gasteiger partial charge on any atom is -0.393 e. The summed E-state index contributed by atoms with van der Waals surface area (Å²) in [5.74, 6) is -0.701. The van der Waals surface area contributed by atoms with Gasteiger partial charge in [-0.1, -0.05) is 29.4 Å². The summed E-state index contributed by atoms with van der Waals surface area (Å²) in [5, 5.41) is 18.5. The molecule has 1 heterocycles. The molecule has 0 spiro atoms. The number of alkyl halides is 3. The van der Waals surface area contributed by atoms with Gasteiger partial charge in [0.15, 0.2) is 5.78 Å². The van der Waals surface area contributed by atoms with Gasteiger partial charge in [0.05, 0.1) is 23.8 Å². The Morgan fingerprint density at radius 2 is 2.08 bits per heavy atom. The Balaban J connectivity index is 1.46. The molecule has 2 aliphatic carbocycles. The maximum absolute atomic E-state index is 13.3. The van der Waals surface area contributed by atoms with Crippen LogP contribution >= 0.6 is 23.4 Å². The lowest BCUT2D eigenvalue weighted by molar-refractivity contribution is -0.137. The summed E-state index contributed by atoms with van der Waals surface area (Å²) in [6, 6.07) is 4.47. The van der Waals surface area contributed by atoms with Crippen LogP contribution in [0.2, 0.25) is 0 Å². The van der Waals surface area contributed by atoms with E-state index in [9.17, 15) is 31.5 Å². The van der Waals surface area contributed by atoms with Crippen LogP contribution in [0.15, 0.2) is 63.3 Å². The maximum Gasteiger partial charge on any atom is 0.416 e. The number of nitrogens with zero attached hydrogens (tertiary/aromatic N) is 2. The Kier molecular flexibility index (Phi) is 8.49. The highest BCUT2D eigenvalue weighted by Gasteiger charge is 2.35. The van der Waals surface area contributed by atoms with Gasteiger partial charge < -0.3 is 10.4 Å². The smallest absolute Gasteiger partial charge is 0.393 e. The zero-order chi connectivity index (χ0) is 27.7. The van der Waals surface area contributed by atoms with Crippen LogP contribution in [-0.2, 0) is 20.7 Å². The van der Waals surface area contributed by atoms with E-state index >= 15 is 0 Å². The molecule has 3 atom stereocenters. The average Bonchev–Trinajstić information content (AvgIpc) is 3.38. The molecule has 2 aromatic rings. The van der Waals surface area contributed by atoms with Crippen LogP contribution in [0.5, 0.6) is 0 Å². The van der Waals surface area contributed by atoms with Crippen molar-refractivity contribution in [1.82, 2.24) is 9.97 Å². The van der Waals surface area contributed by atoms with Crippen LogP contribution in [0.25, 0.3) is 0 Å². The minimum absolute atomic E-state index is 0.0884. The molecule has 1 fully saturated rings. The van der Waals surface area contributed by atoms with Gasteiger partial charge in [0.25, 0.3) is 0 Å². The summed E-state index contributed by atoms with van der Waals surface area (Å²) in [6.45, 7) is -0.281. The lowest BCUT2D eigenvalue weighted by atomic mass is 10.0. The molecule has 2 aliphatic rings. The van der Waals surface area contributed by atoms with Crippen molar-refractivity contribution < 1.29 is 35.7 Å². The van der Waals surface area contributed by atoms with Crippen LogP contribution in [0.3, 0.4) is 0 Å². The van der Waals surface area contributed by atoms with Crippen molar-refractivity contribution in [2.24, 2.45) is 11.1 Å². The van der Waals surface area contributed by atoms with Gasteiger partial charge in [-0.25, -0.2) is 15.1 Å². The van der Waals surface area contributed by atoms with E-state index < -0.39 is 39.8 Å². The zero-order valence-electron chi connectivity index (χ0n) is 19.5. The third kappa shape index (κ3) is 7.12. The molecule has 204 valence electrons. The SMILES string of the molecule is NS(=O)(=O)OC[C@H]1CC(Nc2ncncc2C(=O)C2=CC(Sc3cccc(C(F)(F)F)c3)=C(Cl)C2)C[C@@H]1O. The maximum atomic E-state index is 13.3. The molecule has 1 unspecified atom stereocenters.